The zero-order valence-corrected chi connectivity index (χ0v) is 11.7. The van der Waals surface area contributed by atoms with Crippen LogP contribution in [-0.4, -0.2) is 31.8 Å². The molecule has 0 aromatic heterocycles. The number of benzene rings is 1. The molecule has 0 aliphatic carbocycles. The molecule has 106 valence electrons. The maximum absolute atomic E-state index is 11.9. The van der Waals surface area contributed by atoms with Crippen LogP contribution in [-0.2, 0) is 4.74 Å². The van der Waals surface area contributed by atoms with Gasteiger partial charge in [-0.1, -0.05) is 23.4 Å². The highest BCUT2D eigenvalue weighted by atomic mass is 35.5. The number of amides is 2. The van der Waals surface area contributed by atoms with Crippen molar-refractivity contribution in [3.8, 4) is 11.8 Å². The molecule has 0 radical (unpaired) electrons. The molecule has 1 aromatic carbocycles. The van der Waals surface area contributed by atoms with Crippen LogP contribution in [0, 0.1) is 11.8 Å². The number of halogens is 1. The summed E-state index contributed by atoms with van der Waals surface area (Å²) in [6.45, 7) is 1.48. The summed E-state index contributed by atoms with van der Waals surface area (Å²) >= 11 is 5.94. The minimum Gasteiger partial charge on any atom is -0.379 e. The van der Waals surface area contributed by atoms with Gasteiger partial charge in [0.05, 0.1) is 24.9 Å². The van der Waals surface area contributed by atoms with E-state index in [2.05, 4.69) is 22.5 Å². The summed E-state index contributed by atoms with van der Waals surface area (Å²) in [6, 6.07) is 4.88. The SMILES string of the molecule is NCC#Cc1ccc(Cl)cc1NC(=O)NC1CCOC1. The number of nitrogens with one attached hydrogen (secondary N) is 2. The zero-order chi connectivity index (χ0) is 14.4. The highest BCUT2D eigenvalue weighted by Gasteiger charge is 2.18. The fourth-order valence-electron chi connectivity index (χ4n) is 1.87. The average molecular weight is 294 g/mol. The topological polar surface area (TPSA) is 76.4 Å². The van der Waals surface area contributed by atoms with Crippen molar-refractivity contribution in [1.29, 1.82) is 0 Å². The van der Waals surface area contributed by atoms with Crippen LogP contribution in [0.15, 0.2) is 18.2 Å². The molecule has 1 atom stereocenters. The molecule has 1 fully saturated rings. The van der Waals surface area contributed by atoms with Gasteiger partial charge in [0.2, 0.25) is 0 Å². The molecule has 1 saturated heterocycles. The van der Waals surface area contributed by atoms with Gasteiger partial charge in [0.15, 0.2) is 0 Å². The van der Waals surface area contributed by atoms with Gasteiger partial charge in [-0.3, -0.25) is 0 Å². The minimum absolute atomic E-state index is 0.0489. The summed E-state index contributed by atoms with van der Waals surface area (Å²) in [5.41, 5.74) is 6.60. The highest BCUT2D eigenvalue weighted by Crippen LogP contribution is 2.20. The number of carbonyl (C=O) groups is 1. The van der Waals surface area contributed by atoms with Gasteiger partial charge in [0.1, 0.15) is 0 Å². The first-order chi connectivity index (χ1) is 9.69. The molecule has 1 aromatic rings. The summed E-state index contributed by atoms with van der Waals surface area (Å²) in [5, 5.41) is 6.12. The Balaban J connectivity index is 2.06. The van der Waals surface area contributed by atoms with E-state index in [0.29, 0.717) is 29.5 Å². The van der Waals surface area contributed by atoms with Gasteiger partial charge in [-0.15, -0.1) is 0 Å². The van der Waals surface area contributed by atoms with E-state index in [1.165, 1.54) is 0 Å². The molecule has 1 aliphatic heterocycles. The molecule has 0 spiro atoms. The van der Waals surface area contributed by atoms with E-state index in [9.17, 15) is 4.79 Å². The van der Waals surface area contributed by atoms with Crippen molar-refractivity contribution >= 4 is 23.3 Å². The van der Waals surface area contributed by atoms with Crippen LogP contribution < -0.4 is 16.4 Å². The number of ether oxygens (including phenoxy) is 1. The Kier molecular flexibility index (Phi) is 5.24. The quantitative estimate of drug-likeness (QED) is 0.724. The first kappa shape index (κ1) is 14.7. The van der Waals surface area contributed by atoms with E-state index < -0.39 is 0 Å². The molecule has 2 amide bonds. The predicted octanol–water partition coefficient (Wildman–Crippen LogP) is 1.56. The summed E-state index contributed by atoms with van der Waals surface area (Å²) < 4.78 is 5.20. The van der Waals surface area contributed by atoms with Crippen molar-refractivity contribution < 1.29 is 9.53 Å². The zero-order valence-electron chi connectivity index (χ0n) is 10.9. The molecule has 1 unspecified atom stereocenters. The number of hydrogen-bond acceptors (Lipinski definition) is 3. The van der Waals surface area contributed by atoms with Crippen molar-refractivity contribution in [3.05, 3.63) is 28.8 Å². The van der Waals surface area contributed by atoms with Crippen molar-refractivity contribution in [2.75, 3.05) is 25.1 Å². The van der Waals surface area contributed by atoms with Crippen molar-refractivity contribution in [2.24, 2.45) is 5.73 Å². The Hall–Kier alpha value is -1.74. The number of hydrogen-bond donors (Lipinski definition) is 3. The van der Waals surface area contributed by atoms with Crippen LogP contribution in [0.5, 0.6) is 0 Å². The fraction of sp³-hybridized carbons (Fsp3) is 0.357. The largest absolute Gasteiger partial charge is 0.379 e. The monoisotopic (exact) mass is 293 g/mol. The molecule has 5 nitrogen and oxygen atoms in total. The molecule has 4 N–H and O–H groups in total. The fourth-order valence-corrected chi connectivity index (χ4v) is 2.04. The van der Waals surface area contributed by atoms with Gasteiger partial charge < -0.3 is 21.1 Å². The predicted molar refractivity (Wildman–Crippen MR) is 78.8 cm³/mol. The molecular weight excluding hydrogens is 278 g/mol. The Morgan fingerprint density at radius 1 is 1.55 bits per heavy atom. The molecule has 0 saturated carbocycles. The van der Waals surface area contributed by atoms with E-state index in [-0.39, 0.29) is 18.6 Å². The molecular formula is C14H16ClN3O2. The third-order valence-corrected chi connectivity index (χ3v) is 3.05. The van der Waals surface area contributed by atoms with Gasteiger partial charge in [0.25, 0.3) is 0 Å². The molecule has 0 bridgehead atoms. The summed E-state index contributed by atoms with van der Waals surface area (Å²) in [7, 11) is 0. The second kappa shape index (κ2) is 7.15. The molecule has 20 heavy (non-hydrogen) atoms. The second-order valence-corrected chi connectivity index (χ2v) is 4.79. The third kappa shape index (κ3) is 4.14. The lowest BCUT2D eigenvalue weighted by Crippen LogP contribution is -2.38. The highest BCUT2D eigenvalue weighted by molar-refractivity contribution is 6.31. The molecule has 1 aliphatic rings. The Morgan fingerprint density at radius 2 is 2.40 bits per heavy atom. The summed E-state index contributed by atoms with van der Waals surface area (Å²) in [4.78, 5) is 11.9. The van der Waals surface area contributed by atoms with E-state index in [1.807, 2.05) is 0 Å². The standard InChI is InChI=1S/C14H16ClN3O2/c15-11-4-3-10(2-1-6-16)13(8-11)18-14(19)17-12-5-7-20-9-12/h3-4,8,12H,5-7,9,16H2,(H2,17,18,19). The van der Waals surface area contributed by atoms with Gasteiger partial charge in [-0.05, 0) is 24.6 Å². The van der Waals surface area contributed by atoms with E-state index >= 15 is 0 Å². The summed E-state index contributed by atoms with van der Waals surface area (Å²) in [6.07, 6.45) is 0.822. The van der Waals surface area contributed by atoms with Crippen LogP contribution in [0.1, 0.15) is 12.0 Å². The van der Waals surface area contributed by atoms with E-state index in [4.69, 9.17) is 22.1 Å². The minimum atomic E-state index is -0.293. The van der Waals surface area contributed by atoms with Crippen molar-refractivity contribution in [2.45, 2.75) is 12.5 Å². The van der Waals surface area contributed by atoms with Crippen molar-refractivity contribution in [3.63, 3.8) is 0 Å². The van der Waals surface area contributed by atoms with Gasteiger partial charge in [-0.25, -0.2) is 4.79 Å². The van der Waals surface area contributed by atoms with Crippen LogP contribution in [0.2, 0.25) is 5.02 Å². The summed E-state index contributed by atoms with van der Waals surface area (Å²) in [5.74, 6) is 5.65. The second-order valence-electron chi connectivity index (χ2n) is 4.35. The van der Waals surface area contributed by atoms with Gasteiger partial charge >= 0.3 is 6.03 Å². The lowest BCUT2D eigenvalue weighted by molar-refractivity contribution is 0.189. The van der Waals surface area contributed by atoms with E-state index in [0.717, 1.165) is 6.42 Å². The van der Waals surface area contributed by atoms with Crippen molar-refractivity contribution in [1.82, 2.24) is 5.32 Å². The molecule has 1 heterocycles. The third-order valence-electron chi connectivity index (χ3n) is 2.82. The number of rotatable bonds is 2. The maximum atomic E-state index is 11.9. The lowest BCUT2D eigenvalue weighted by atomic mass is 10.2. The first-order valence-electron chi connectivity index (χ1n) is 6.33. The number of urea groups is 1. The Bertz CT molecular complexity index is 545. The number of carbonyl (C=O) groups excluding carboxylic acids is 1. The van der Waals surface area contributed by atoms with Crippen LogP contribution in [0.25, 0.3) is 0 Å². The van der Waals surface area contributed by atoms with Gasteiger partial charge in [-0.2, -0.15) is 0 Å². The smallest absolute Gasteiger partial charge is 0.319 e. The van der Waals surface area contributed by atoms with Crippen LogP contribution in [0.3, 0.4) is 0 Å². The average Bonchev–Trinajstić information content (AvgIpc) is 2.90. The number of nitrogens with two attached hydrogens (primary N) is 1. The van der Waals surface area contributed by atoms with Crippen LogP contribution in [0.4, 0.5) is 10.5 Å². The normalized spacial score (nSPS) is 17.2. The molecule has 6 heteroatoms. The van der Waals surface area contributed by atoms with Gasteiger partial charge in [0, 0.05) is 17.2 Å². The Labute approximate surface area is 122 Å². The van der Waals surface area contributed by atoms with E-state index in [1.54, 1.807) is 18.2 Å². The maximum Gasteiger partial charge on any atom is 0.319 e. The lowest BCUT2D eigenvalue weighted by Gasteiger charge is -2.13. The first-order valence-corrected chi connectivity index (χ1v) is 6.70. The Morgan fingerprint density at radius 3 is 3.10 bits per heavy atom. The van der Waals surface area contributed by atoms with Crippen LogP contribution >= 0.6 is 11.6 Å². The molecule has 2 rings (SSSR count). The number of anilines is 1.